The van der Waals surface area contributed by atoms with E-state index in [0.29, 0.717) is 12.8 Å². The highest BCUT2D eigenvalue weighted by Crippen LogP contribution is 2.31. The number of carbonyl (C=O) groups excluding carboxylic acids is 2. The molecule has 13 heteroatoms. The minimum absolute atomic E-state index is 0.152. The lowest BCUT2D eigenvalue weighted by Gasteiger charge is -2.45. The quantitative estimate of drug-likeness (QED) is 0.0336. The molecule has 0 aliphatic carbocycles. The van der Waals surface area contributed by atoms with Gasteiger partial charge in [0.2, 0.25) is 6.29 Å². The van der Waals surface area contributed by atoms with E-state index in [-0.39, 0.29) is 12.8 Å². The summed E-state index contributed by atoms with van der Waals surface area (Å²) in [7, 11) is 0. The Morgan fingerprint density at radius 2 is 1.00 bits per heavy atom. The number of hydrogen-bond acceptors (Lipinski definition) is 13. The molecule has 0 aromatic heterocycles. The van der Waals surface area contributed by atoms with Gasteiger partial charge in [-0.2, -0.15) is 0 Å². The summed E-state index contributed by atoms with van der Waals surface area (Å²) in [5.74, 6) is -3.48. The molecular formula is C40H74O13. The number of esters is 1. The number of ether oxygens (including phenoxy) is 4. The van der Waals surface area contributed by atoms with Crippen molar-refractivity contribution in [1.82, 2.24) is 0 Å². The normalized spacial score (nSPS) is 30.8. The summed E-state index contributed by atoms with van der Waals surface area (Å²) in [5.41, 5.74) is 0. The number of carbonyl (C=O) groups is 2. The Morgan fingerprint density at radius 3 is 1.51 bits per heavy atom. The minimum atomic E-state index is -1.76. The molecule has 0 bridgehead atoms. The third-order valence-electron chi connectivity index (χ3n) is 10.8. The van der Waals surface area contributed by atoms with Crippen LogP contribution in [0.15, 0.2) is 0 Å². The molecule has 7 N–H and O–H groups in total. The van der Waals surface area contributed by atoms with Crippen molar-refractivity contribution in [3.63, 3.8) is 0 Å². The molecule has 0 aromatic carbocycles. The van der Waals surface area contributed by atoms with E-state index >= 15 is 0 Å². The molecule has 2 rings (SSSR count). The lowest BCUT2D eigenvalue weighted by atomic mass is 9.89. The topological polar surface area (TPSA) is 213 Å². The summed E-state index contributed by atoms with van der Waals surface area (Å²) in [6.45, 7) is 7.24. The summed E-state index contributed by atoms with van der Waals surface area (Å²) < 4.78 is 22.5. The highest BCUT2D eigenvalue weighted by Gasteiger charge is 2.51. The predicted molar refractivity (Wildman–Crippen MR) is 198 cm³/mol. The summed E-state index contributed by atoms with van der Waals surface area (Å²) >= 11 is 0. The van der Waals surface area contributed by atoms with Crippen LogP contribution >= 0.6 is 0 Å². The van der Waals surface area contributed by atoms with Gasteiger partial charge in [-0.15, -0.1) is 0 Å². The van der Waals surface area contributed by atoms with Crippen molar-refractivity contribution in [2.75, 3.05) is 0 Å². The van der Waals surface area contributed by atoms with Crippen LogP contribution in [0.5, 0.6) is 0 Å². The van der Waals surface area contributed by atoms with Gasteiger partial charge < -0.3 is 54.7 Å². The van der Waals surface area contributed by atoms with E-state index in [1.807, 2.05) is 0 Å². The third-order valence-corrected chi connectivity index (χ3v) is 10.8. The number of unbranched alkanes of at least 4 members (excludes halogenated alkanes) is 16. The van der Waals surface area contributed by atoms with E-state index < -0.39 is 91.3 Å². The molecule has 13 atom stereocenters. The van der Waals surface area contributed by atoms with E-state index in [9.17, 15) is 45.3 Å². The molecule has 2 aliphatic rings. The first-order valence-electron chi connectivity index (χ1n) is 20.8. The van der Waals surface area contributed by atoms with E-state index in [1.54, 1.807) is 0 Å². The molecule has 0 radical (unpaired) electrons. The molecular weight excluding hydrogens is 688 g/mol. The maximum atomic E-state index is 13.8. The molecule has 2 fully saturated rings. The predicted octanol–water partition coefficient (Wildman–Crippen LogP) is 4.35. The van der Waals surface area contributed by atoms with Crippen molar-refractivity contribution < 1.29 is 64.3 Å². The van der Waals surface area contributed by atoms with Crippen LogP contribution in [0, 0.1) is 5.92 Å². The van der Waals surface area contributed by atoms with Gasteiger partial charge in [0, 0.05) is 6.42 Å². The van der Waals surface area contributed by atoms with E-state index in [4.69, 9.17) is 18.9 Å². The zero-order chi connectivity index (χ0) is 39.3. The summed E-state index contributed by atoms with van der Waals surface area (Å²) in [5, 5.41) is 74.4. The second-order valence-corrected chi connectivity index (χ2v) is 15.5. The van der Waals surface area contributed by atoms with Crippen molar-refractivity contribution in [2.24, 2.45) is 5.92 Å². The number of ketones is 1. The standard InChI is InChI=1S/C40H74O13/c1-5-7-9-11-13-15-17-19-21-23-28(41)25-30(43)31(29(42)24-22-20-18-16-14-12-10-8-6-2)38(49)53-40-37(35(47)33(45)27(4)51-40)52-39-36(48)34(46)32(44)26(3)50-39/h26-29,31-37,39-42,44-48H,5-25H2,1-4H3/t26-,27-,28+,29+,31?,32-,33-,34+,35+,36+,37+,39-,40-/m0/s1. The first kappa shape index (κ1) is 47.9. The molecule has 2 saturated heterocycles. The first-order chi connectivity index (χ1) is 25.3. The number of rotatable bonds is 28. The molecule has 2 aliphatic heterocycles. The molecule has 0 saturated carbocycles. The largest absolute Gasteiger partial charge is 0.432 e. The average Bonchev–Trinajstić information content (AvgIpc) is 3.12. The van der Waals surface area contributed by atoms with E-state index in [0.717, 1.165) is 51.4 Å². The first-order valence-corrected chi connectivity index (χ1v) is 20.8. The van der Waals surface area contributed by atoms with E-state index in [1.165, 1.54) is 71.6 Å². The van der Waals surface area contributed by atoms with Gasteiger partial charge in [-0.25, -0.2) is 0 Å². The van der Waals surface area contributed by atoms with Crippen LogP contribution in [-0.4, -0.2) is 121 Å². The van der Waals surface area contributed by atoms with Crippen LogP contribution in [-0.2, 0) is 28.5 Å². The van der Waals surface area contributed by atoms with Gasteiger partial charge >= 0.3 is 5.97 Å². The SMILES string of the molecule is CCCCCCCCCCC[C@@H](O)CC(=O)C(C(=O)O[C@@H]1O[C@@H](C)[C@H](O)[C@@H](O)[C@H]1O[C@@H]1O[C@@H](C)[C@H](O)[C@@H](O)[C@H]1O)[C@H](O)CCCCCCCCCCC. The van der Waals surface area contributed by atoms with Gasteiger partial charge in [-0.05, 0) is 26.7 Å². The summed E-state index contributed by atoms with van der Waals surface area (Å²) in [6, 6.07) is 0. The fourth-order valence-electron chi connectivity index (χ4n) is 7.20. The molecule has 53 heavy (non-hydrogen) atoms. The van der Waals surface area contributed by atoms with Crippen molar-refractivity contribution in [2.45, 2.75) is 236 Å². The highest BCUT2D eigenvalue weighted by atomic mass is 16.8. The zero-order valence-electron chi connectivity index (χ0n) is 32.9. The van der Waals surface area contributed by atoms with Gasteiger partial charge in [0.25, 0.3) is 0 Å². The fourth-order valence-corrected chi connectivity index (χ4v) is 7.20. The van der Waals surface area contributed by atoms with Crippen LogP contribution in [0.4, 0.5) is 0 Å². The molecule has 2 heterocycles. The van der Waals surface area contributed by atoms with Crippen LogP contribution in [0.1, 0.15) is 163 Å². The van der Waals surface area contributed by atoms with Crippen LogP contribution in [0.3, 0.4) is 0 Å². The zero-order valence-corrected chi connectivity index (χ0v) is 32.9. The lowest BCUT2D eigenvalue weighted by molar-refractivity contribution is -0.357. The average molecular weight is 763 g/mol. The van der Waals surface area contributed by atoms with Crippen molar-refractivity contribution >= 4 is 11.8 Å². The fraction of sp³-hybridized carbons (Fsp3) is 0.950. The van der Waals surface area contributed by atoms with Crippen LogP contribution in [0.25, 0.3) is 0 Å². The molecule has 0 spiro atoms. The Morgan fingerprint density at radius 1 is 0.566 bits per heavy atom. The Balaban J connectivity index is 2.09. The monoisotopic (exact) mass is 763 g/mol. The Labute approximate surface area is 317 Å². The second-order valence-electron chi connectivity index (χ2n) is 15.5. The molecule has 13 nitrogen and oxygen atoms in total. The van der Waals surface area contributed by atoms with Gasteiger partial charge in [0.05, 0.1) is 24.4 Å². The summed E-state index contributed by atoms with van der Waals surface area (Å²) in [6.07, 6.45) is 2.01. The lowest BCUT2D eigenvalue weighted by Crippen LogP contribution is -2.63. The Bertz CT molecular complexity index is 984. The Hall–Kier alpha value is -1.26. The maximum Gasteiger partial charge on any atom is 0.321 e. The number of aliphatic hydroxyl groups is 7. The molecule has 312 valence electrons. The molecule has 0 amide bonds. The molecule has 1 unspecified atom stereocenters. The smallest absolute Gasteiger partial charge is 0.321 e. The highest BCUT2D eigenvalue weighted by molar-refractivity contribution is 5.99. The van der Waals surface area contributed by atoms with Crippen LogP contribution < -0.4 is 0 Å². The van der Waals surface area contributed by atoms with E-state index in [2.05, 4.69) is 13.8 Å². The van der Waals surface area contributed by atoms with Gasteiger partial charge in [0.15, 0.2) is 18.2 Å². The van der Waals surface area contributed by atoms with Crippen molar-refractivity contribution in [3.8, 4) is 0 Å². The maximum absolute atomic E-state index is 13.8. The number of hydrogen-bond donors (Lipinski definition) is 7. The second kappa shape index (κ2) is 26.6. The molecule has 0 aromatic rings. The summed E-state index contributed by atoms with van der Waals surface area (Å²) in [4.78, 5) is 27.4. The van der Waals surface area contributed by atoms with Gasteiger partial charge in [-0.3, -0.25) is 9.59 Å². The number of aliphatic hydroxyl groups excluding tert-OH is 7. The van der Waals surface area contributed by atoms with Crippen LogP contribution in [0.2, 0.25) is 0 Å². The van der Waals surface area contributed by atoms with Crippen molar-refractivity contribution in [3.05, 3.63) is 0 Å². The third kappa shape index (κ3) is 16.8. The minimum Gasteiger partial charge on any atom is -0.432 e. The number of Topliss-reactive ketones (excluding diaryl/α,β-unsaturated/α-hetero) is 1. The van der Waals surface area contributed by atoms with Gasteiger partial charge in [-0.1, -0.05) is 129 Å². The Kier molecular flexibility index (Phi) is 24.0. The van der Waals surface area contributed by atoms with Gasteiger partial charge in [0.1, 0.15) is 36.4 Å². The van der Waals surface area contributed by atoms with Crippen molar-refractivity contribution in [1.29, 1.82) is 0 Å².